The molecule has 0 saturated carbocycles. The number of hydrogen-bond acceptors (Lipinski definition) is 2. The Kier molecular flexibility index (Phi) is 2.77. The minimum Gasteiger partial charge on any atom is -0.397 e. The number of nitrogen functional groups attached to an aromatic ring is 1. The van der Waals surface area contributed by atoms with Crippen LogP contribution in [0.2, 0.25) is 0 Å². The molecule has 0 radical (unpaired) electrons. The molecule has 0 unspecified atom stereocenters. The second-order valence-corrected chi connectivity index (χ2v) is 5.15. The van der Waals surface area contributed by atoms with Gasteiger partial charge < -0.3 is 10.6 Å². The molecule has 1 heterocycles. The van der Waals surface area contributed by atoms with Crippen molar-refractivity contribution in [3.63, 3.8) is 0 Å². The van der Waals surface area contributed by atoms with Crippen LogP contribution in [0, 0.1) is 0 Å². The van der Waals surface area contributed by atoms with E-state index in [1.165, 1.54) is 0 Å². The van der Waals surface area contributed by atoms with Crippen LogP contribution in [0.15, 0.2) is 15.0 Å². The van der Waals surface area contributed by atoms with Crippen molar-refractivity contribution in [2.45, 2.75) is 13.3 Å². The first-order valence-corrected chi connectivity index (χ1v) is 6.15. The highest BCUT2D eigenvalue weighted by molar-refractivity contribution is 9.11. The number of nitrogens with two attached hydrogens (primary N) is 1. The van der Waals surface area contributed by atoms with Gasteiger partial charge in [0.25, 0.3) is 0 Å². The van der Waals surface area contributed by atoms with E-state index in [1.54, 1.807) is 11.8 Å². The average Bonchev–Trinajstić information content (AvgIpc) is 2.58. The largest absolute Gasteiger partial charge is 0.397 e. The van der Waals surface area contributed by atoms with Crippen molar-refractivity contribution in [3.05, 3.63) is 20.6 Å². The molecular formula is C10H10Br2N2O. The lowest BCUT2D eigenvalue weighted by molar-refractivity contribution is -0.116. The molecule has 0 aromatic heterocycles. The molecule has 0 spiro atoms. The number of anilines is 2. The lowest BCUT2D eigenvalue weighted by Gasteiger charge is -2.16. The van der Waals surface area contributed by atoms with Crippen molar-refractivity contribution in [1.82, 2.24) is 0 Å². The second kappa shape index (κ2) is 3.79. The smallest absolute Gasteiger partial charge is 0.223 e. The van der Waals surface area contributed by atoms with Gasteiger partial charge in [0.15, 0.2) is 0 Å². The molecule has 1 aliphatic rings. The number of amides is 1. The van der Waals surface area contributed by atoms with Crippen LogP contribution < -0.4 is 10.6 Å². The molecule has 1 amide bonds. The van der Waals surface area contributed by atoms with Crippen LogP contribution in [0.5, 0.6) is 0 Å². The summed E-state index contributed by atoms with van der Waals surface area (Å²) in [7, 11) is 0. The number of benzene rings is 1. The average molecular weight is 334 g/mol. The summed E-state index contributed by atoms with van der Waals surface area (Å²) in [4.78, 5) is 13.1. The van der Waals surface area contributed by atoms with Crippen LogP contribution in [0.25, 0.3) is 0 Å². The van der Waals surface area contributed by atoms with Gasteiger partial charge in [0.05, 0.1) is 5.69 Å². The van der Waals surface area contributed by atoms with E-state index < -0.39 is 0 Å². The summed E-state index contributed by atoms with van der Waals surface area (Å²) in [6.07, 6.45) is 0.854. The van der Waals surface area contributed by atoms with Gasteiger partial charge in [0.1, 0.15) is 0 Å². The van der Waals surface area contributed by atoms with Crippen molar-refractivity contribution < 1.29 is 4.79 Å². The quantitative estimate of drug-likeness (QED) is 0.742. The third kappa shape index (κ3) is 1.67. The minimum atomic E-state index is 0.0670. The van der Waals surface area contributed by atoms with Gasteiger partial charge in [0.2, 0.25) is 5.91 Å². The lowest BCUT2D eigenvalue weighted by Crippen LogP contribution is -2.25. The Hall–Kier alpha value is -0.550. The van der Waals surface area contributed by atoms with Gasteiger partial charge >= 0.3 is 0 Å². The van der Waals surface area contributed by atoms with E-state index in [4.69, 9.17) is 5.73 Å². The number of nitrogens with zero attached hydrogens (tertiary/aromatic N) is 1. The number of carbonyl (C=O) groups is 1. The van der Waals surface area contributed by atoms with Crippen molar-refractivity contribution in [1.29, 1.82) is 0 Å². The SMILES string of the molecule is CC(=O)N1CCc2c1cc(Br)c(N)c2Br. The van der Waals surface area contributed by atoms with Crippen LogP contribution in [0.1, 0.15) is 12.5 Å². The molecule has 2 N–H and O–H groups in total. The van der Waals surface area contributed by atoms with Crippen LogP contribution in [0.4, 0.5) is 11.4 Å². The molecule has 15 heavy (non-hydrogen) atoms. The molecule has 5 heteroatoms. The van der Waals surface area contributed by atoms with Crippen LogP contribution >= 0.6 is 31.9 Å². The van der Waals surface area contributed by atoms with Gasteiger partial charge in [-0.3, -0.25) is 4.79 Å². The molecule has 0 saturated heterocycles. The Morgan fingerprint density at radius 1 is 1.53 bits per heavy atom. The molecule has 1 aromatic rings. The zero-order valence-corrected chi connectivity index (χ0v) is 11.4. The van der Waals surface area contributed by atoms with E-state index >= 15 is 0 Å². The lowest BCUT2D eigenvalue weighted by atomic mass is 10.1. The van der Waals surface area contributed by atoms with Gasteiger partial charge in [-0.2, -0.15) is 0 Å². The summed E-state index contributed by atoms with van der Waals surface area (Å²) < 4.78 is 1.72. The molecule has 0 atom stereocenters. The molecule has 80 valence electrons. The fraction of sp³-hybridized carbons (Fsp3) is 0.300. The van der Waals surface area contributed by atoms with E-state index in [0.29, 0.717) is 5.69 Å². The number of carbonyl (C=O) groups excluding carboxylic acids is 1. The standard InChI is InChI=1S/C10H10Br2N2O/c1-5(15)14-3-2-6-8(14)4-7(11)10(13)9(6)12/h4H,2-3,13H2,1H3. The minimum absolute atomic E-state index is 0.0670. The fourth-order valence-electron chi connectivity index (χ4n) is 1.81. The van der Waals surface area contributed by atoms with E-state index in [-0.39, 0.29) is 5.91 Å². The third-order valence-corrected chi connectivity index (χ3v) is 4.15. The molecule has 2 rings (SSSR count). The van der Waals surface area contributed by atoms with E-state index in [0.717, 1.165) is 33.2 Å². The Morgan fingerprint density at radius 2 is 2.20 bits per heavy atom. The third-order valence-electron chi connectivity index (χ3n) is 2.59. The highest BCUT2D eigenvalue weighted by Crippen LogP contribution is 2.41. The first-order chi connectivity index (χ1) is 7.02. The summed E-state index contributed by atoms with van der Waals surface area (Å²) >= 11 is 6.85. The molecule has 0 aliphatic carbocycles. The maximum absolute atomic E-state index is 11.4. The molecule has 0 fully saturated rings. The van der Waals surface area contributed by atoms with Gasteiger partial charge in [-0.05, 0) is 49.9 Å². The van der Waals surface area contributed by atoms with Crippen LogP contribution in [-0.4, -0.2) is 12.5 Å². The topological polar surface area (TPSA) is 46.3 Å². The summed E-state index contributed by atoms with van der Waals surface area (Å²) in [6.45, 7) is 2.31. The summed E-state index contributed by atoms with van der Waals surface area (Å²) in [6, 6.07) is 1.91. The zero-order chi connectivity index (χ0) is 11.2. The van der Waals surface area contributed by atoms with Gasteiger partial charge in [-0.1, -0.05) is 0 Å². The predicted octanol–water partition coefficient (Wildman–Crippen LogP) is 2.70. The summed E-state index contributed by atoms with van der Waals surface area (Å²) in [5.41, 5.74) is 8.64. The van der Waals surface area contributed by atoms with Gasteiger partial charge in [0, 0.05) is 28.1 Å². The van der Waals surface area contributed by atoms with Crippen molar-refractivity contribution >= 4 is 49.1 Å². The van der Waals surface area contributed by atoms with E-state index in [1.807, 2.05) is 6.07 Å². The Labute approximate surface area is 105 Å². The first-order valence-electron chi connectivity index (χ1n) is 4.57. The zero-order valence-electron chi connectivity index (χ0n) is 8.18. The van der Waals surface area contributed by atoms with Crippen molar-refractivity contribution in [2.24, 2.45) is 0 Å². The molecule has 1 aromatic carbocycles. The van der Waals surface area contributed by atoms with Crippen LogP contribution in [-0.2, 0) is 11.2 Å². The molecular weight excluding hydrogens is 324 g/mol. The summed E-state index contributed by atoms with van der Waals surface area (Å²) in [5, 5.41) is 0. The maximum atomic E-state index is 11.4. The molecule has 3 nitrogen and oxygen atoms in total. The molecule has 0 bridgehead atoms. The predicted molar refractivity (Wildman–Crippen MR) is 68.0 cm³/mol. The Bertz CT molecular complexity index is 446. The highest BCUT2D eigenvalue weighted by Gasteiger charge is 2.26. The second-order valence-electron chi connectivity index (χ2n) is 3.50. The van der Waals surface area contributed by atoms with Crippen molar-refractivity contribution in [2.75, 3.05) is 17.2 Å². The number of halogens is 2. The maximum Gasteiger partial charge on any atom is 0.223 e. The molecule has 1 aliphatic heterocycles. The number of hydrogen-bond donors (Lipinski definition) is 1. The van der Waals surface area contributed by atoms with E-state index in [2.05, 4.69) is 31.9 Å². The monoisotopic (exact) mass is 332 g/mol. The van der Waals surface area contributed by atoms with E-state index in [9.17, 15) is 4.79 Å². The van der Waals surface area contributed by atoms with Gasteiger partial charge in [-0.15, -0.1) is 0 Å². The number of rotatable bonds is 0. The van der Waals surface area contributed by atoms with Crippen LogP contribution in [0.3, 0.4) is 0 Å². The number of fused-ring (bicyclic) bond motifs is 1. The first kappa shape index (κ1) is 11.0. The normalized spacial score (nSPS) is 14.2. The Balaban J connectivity index is 2.60. The highest BCUT2D eigenvalue weighted by atomic mass is 79.9. The van der Waals surface area contributed by atoms with Crippen molar-refractivity contribution in [3.8, 4) is 0 Å². The van der Waals surface area contributed by atoms with Gasteiger partial charge in [-0.25, -0.2) is 0 Å². The fourth-order valence-corrected chi connectivity index (χ4v) is 3.11. The summed E-state index contributed by atoms with van der Waals surface area (Å²) in [5.74, 6) is 0.0670. The Morgan fingerprint density at radius 3 is 2.80 bits per heavy atom.